The lowest BCUT2D eigenvalue weighted by Crippen LogP contribution is -2.50. The Bertz CT molecular complexity index is 643. The third kappa shape index (κ3) is 2.17. The molecule has 0 saturated carbocycles. The lowest BCUT2D eigenvalue weighted by Gasteiger charge is -2.27. The fourth-order valence-electron chi connectivity index (χ4n) is 1.90. The van der Waals surface area contributed by atoms with Crippen molar-refractivity contribution in [3.63, 3.8) is 0 Å². The molecule has 2 aromatic heterocycles. The van der Waals surface area contributed by atoms with Crippen molar-refractivity contribution in [2.75, 3.05) is 5.73 Å². The average Bonchev–Trinajstić information content (AvgIpc) is 2.82. The number of anilines is 1. The fourth-order valence-corrected chi connectivity index (χ4v) is 1.90. The molecule has 0 saturated heterocycles. The average molecular weight is 281 g/mol. The van der Waals surface area contributed by atoms with Crippen molar-refractivity contribution in [2.45, 2.75) is 31.6 Å². The summed E-state index contributed by atoms with van der Waals surface area (Å²) in [5, 5.41) is 28.9. The number of nitrogen functional groups attached to an aromatic ring is 1. The van der Waals surface area contributed by atoms with Crippen LogP contribution in [0.4, 0.5) is 5.82 Å². The number of aliphatic carboxylic acids is 1. The van der Waals surface area contributed by atoms with E-state index in [-0.39, 0.29) is 18.8 Å². The van der Waals surface area contributed by atoms with Crippen LogP contribution < -0.4 is 5.73 Å². The number of aliphatic hydroxyl groups is 2. The van der Waals surface area contributed by atoms with Crippen LogP contribution in [0.15, 0.2) is 12.7 Å². The molecule has 2 heterocycles. The van der Waals surface area contributed by atoms with E-state index in [1.165, 1.54) is 24.1 Å². The van der Waals surface area contributed by atoms with Crippen molar-refractivity contribution in [2.24, 2.45) is 0 Å². The van der Waals surface area contributed by atoms with Crippen LogP contribution in [-0.4, -0.2) is 52.5 Å². The second-order valence-electron chi connectivity index (χ2n) is 4.43. The second kappa shape index (κ2) is 5.02. The zero-order chi connectivity index (χ0) is 14.9. The number of hydrogen-bond acceptors (Lipinski definition) is 7. The lowest BCUT2D eigenvalue weighted by molar-refractivity contribution is -0.173. The zero-order valence-electron chi connectivity index (χ0n) is 10.8. The van der Waals surface area contributed by atoms with Gasteiger partial charge in [-0.1, -0.05) is 6.92 Å². The summed E-state index contributed by atoms with van der Waals surface area (Å²) in [6, 6.07) is 0. The van der Waals surface area contributed by atoms with Crippen molar-refractivity contribution >= 4 is 23.0 Å². The normalized spacial score (nSPS) is 15.9. The highest BCUT2D eigenvalue weighted by molar-refractivity contribution is 5.81. The van der Waals surface area contributed by atoms with Gasteiger partial charge in [0.15, 0.2) is 17.1 Å². The molecule has 0 aliphatic rings. The number of aliphatic hydroxyl groups excluding tert-OH is 1. The Morgan fingerprint density at radius 1 is 1.50 bits per heavy atom. The van der Waals surface area contributed by atoms with Gasteiger partial charge in [0, 0.05) is 0 Å². The van der Waals surface area contributed by atoms with Crippen LogP contribution in [0.1, 0.15) is 13.3 Å². The number of carboxylic acids is 1. The number of nitrogens with two attached hydrogens (primary N) is 1. The van der Waals surface area contributed by atoms with Crippen molar-refractivity contribution < 1.29 is 20.1 Å². The molecule has 2 aromatic rings. The van der Waals surface area contributed by atoms with Gasteiger partial charge in [0.05, 0.1) is 12.9 Å². The first kappa shape index (κ1) is 14.2. The molecule has 108 valence electrons. The molecule has 2 atom stereocenters. The monoisotopic (exact) mass is 281 g/mol. The third-order valence-electron chi connectivity index (χ3n) is 3.26. The minimum atomic E-state index is -2.23. The van der Waals surface area contributed by atoms with Crippen molar-refractivity contribution in [3.05, 3.63) is 12.7 Å². The molecule has 0 unspecified atom stereocenters. The van der Waals surface area contributed by atoms with Gasteiger partial charge in [0.25, 0.3) is 0 Å². The van der Waals surface area contributed by atoms with Gasteiger partial charge in [-0.05, 0) is 6.42 Å². The van der Waals surface area contributed by atoms with E-state index in [2.05, 4.69) is 15.0 Å². The molecule has 0 aliphatic carbocycles. The first-order chi connectivity index (χ1) is 9.40. The number of nitrogens with zero attached hydrogens (tertiary/aromatic N) is 4. The maximum absolute atomic E-state index is 11.1. The van der Waals surface area contributed by atoms with Gasteiger partial charge in [0.1, 0.15) is 17.9 Å². The van der Waals surface area contributed by atoms with Gasteiger partial charge in [0.2, 0.25) is 0 Å². The van der Waals surface area contributed by atoms with Gasteiger partial charge in [-0.15, -0.1) is 0 Å². The highest BCUT2D eigenvalue weighted by Gasteiger charge is 2.42. The molecule has 0 amide bonds. The smallest absolute Gasteiger partial charge is 0.338 e. The molecule has 9 heteroatoms. The van der Waals surface area contributed by atoms with Gasteiger partial charge in [-0.25, -0.2) is 19.7 Å². The second-order valence-corrected chi connectivity index (χ2v) is 4.43. The molecule has 0 aliphatic heterocycles. The Labute approximate surface area is 113 Å². The van der Waals surface area contributed by atoms with Crippen LogP contribution >= 0.6 is 0 Å². The summed E-state index contributed by atoms with van der Waals surface area (Å²) in [5.41, 5.74) is 4.12. The van der Waals surface area contributed by atoms with Crippen LogP contribution in [0.3, 0.4) is 0 Å². The van der Waals surface area contributed by atoms with E-state index in [0.717, 1.165) is 0 Å². The van der Waals surface area contributed by atoms with E-state index in [9.17, 15) is 15.0 Å². The summed E-state index contributed by atoms with van der Waals surface area (Å²) in [5.74, 6) is -1.29. The van der Waals surface area contributed by atoms with E-state index in [1.54, 1.807) is 0 Å². The fraction of sp³-hybridized carbons (Fsp3) is 0.455. The molecule has 0 fully saturated rings. The highest BCUT2D eigenvalue weighted by atomic mass is 16.4. The van der Waals surface area contributed by atoms with E-state index in [1.807, 2.05) is 0 Å². The molecule has 0 spiro atoms. The molecule has 9 nitrogen and oxygen atoms in total. The van der Waals surface area contributed by atoms with Gasteiger partial charge in [-0.2, -0.15) is 0 Å². The summed E-state index contributed by atoms with van der Waals surface area (Å²) < 4.78 is 1.42. The largest absolute Gasteiger partial charge is 0.479 e. The molecule has 20 heavy (non-hydrogen) atoms. The van der Waals surface area contributed by atoms with Crippen LogP contribution in [0, 0.1) is 0 Å². The Hall–Kier alpha value is -2.26. The maximum atomic E-state index is 11.1. The number of aromatic nitrogens is 4. The van der Waals surface area contributed by atoms with Gasteiger partial charge >= 0.3 is 5.97 Å². The molecule has 0 radical (unpaired) electrons. The quantitative estimate of drug-likeness (QED) is 0.545. The topological polar surface area (TPSA) is 147 Å². The summed E-state index contributed by atoms with van der Waals surface area (Å²) in [6.45, 7) is 1.30. The minimum Gasteiger partial charge on any atom is -0.479 e. The number of carboxylic acid groups (broad SMARTS) is 1. The van der Waals surface area contributed by atoms with Crippen molar-refractivity contribution in [1.82, 2.24) is 19.5 Å². The SMILES string of the molecule is CC[C@](O)(C(=O)O)[C@H](O)Cn1cnc2c(N)ncnc21. The molecule has 0 aromatic carbocycles. The predicted molar refractivity (Wildman–Crippen MR) is 68.6 cm³/mol. The van der Waals surface area contributed by atoms with E-state index < -0.39 is 17.7 Å². The zero-order valence-corrected chi connectivity index (χ0v) is 10.8. The molecular formula is C11H15N5O4. The predicted octanol–water partition coefficient (Wildman–Crippen LogP) is -1.00. The van der Waals surface area contributed by atoms with Crippen LogP contribution in [-0.2, 0) is 11.3 Å². The standard InChI is InChI=1S/C11H15N5O4/c1-2-11(20,10(18)19)6(17)3-16-5-15-7-8(12)13-4-14-9(7)16/h4-6,17,20H,2-3H2,1H3,(H,18,19)(H2,12,13,14)/t6-,11-/m1/s1. The van der Waals surface area contributed by atoms with E-state index in [0.29, 0.717) is 11.2 Å². The van der Waals surface area contributed by atoms with Crippen LogP contribution in [0.2, 0.25) is 0 Å². The van der Waals surface area contributed by atoms with Crippen LogP contribution in [0.25, 0.3) is 11.2 Å². The number of rotatable bonds is 5. The number of imidazole rings is 1. The third-order valence-corrected chi connectivity index (χ3v) is 3.26. The van der Waals surface area contributed by atoms with Gasteiger partial charge < -0.3 is 25.6 Å². The summed E-state index contributed by atoms with van der Waals surface area (Å²) >= 11 is 0. The molecular weight excluding hydrogens is 266 g/mol. The van der Waals surface area contributed by atoms with E-state index >= 15 is 0 Å². The first-order valence-electron chi connectivity index (χ1n) is 5.95. The Kier molecular flexibility index (Phi) is 3.55. The molecule has 0 bridgehead atoms. The maximum Gasteiger partial charge on any atom is 0.338 e. The minimum absolute atomic E-state index is 0.132. The summed E-state index contributed by atoms with van der Waals surface area (Å²) in [7, 11) is 0. The Balaban J connectivity index is 2.33. The summed E-state index contributed by atoms with van der Waals surface area (Å²) in [6.07, 6.45) is 0.953. The molecule has 2 rings (SSSR count). The van der Waals surface area contributed by atoms with Crippen molar-refractivity contribution in [1.29, 1.82) is 0 Å². The number of hydrogen-bond donors (Lipinski definition) is 4. The Morgan fingerprint density at radius 2 is 2.20 bits per heavy atom. The first-order valence-corrected chi connectivity index (χ1v) is 5.95. The van der Waals surface area contributed by atoms with E-state index in [4.69, 9.17) is 10.8 Å². The number of fused-ring (bicyclic) bond motifs is 1. The number of carbonyl (C=O) groups is 1. The van der Waals surface area contributed by atoms with Gasteiger partial charge in [-0.3, -0.25) is 0 Å². The van der Waals surface area contributed by atoms with Crippen LogP contribution in [0.5, 0.6) is 0 Å². The van der Waals surface area contributed by atoms with Crippen molar-refractivity contribution in [3.8, 4) is 0 Å². The lowest BCUT2D eigenvalue weighted by atomic mass is 9.93. The summed E-state index contributed by atoms with van der Waals surface area (Å²) in [4.78, 5) is 22.8. The Morgan fingerprint density at radius 3 is 2.80 bits per heavy atom. The highest BCUT2D eigenvalue weighted by Crippen LogP contribution is 2.20. The molecule has 5 N–H and O–H groups in total.